The van der Waals surface area contributed by atoms with Crippen LogP contribution in [0, 0.1) is 24.5 Å². The Hall–Kier alpha value is -2.74. The van der Waals surface area contributed by atoms with E-state index in [2.05, 4.69) is 35.5 Å². The maximum absolute atomic E-state index is 14.7. The van der Waals surface area contributed by atoms with E-state index >= 15 is 0 Å². The summed E-state index contributed by atoms with van der Waals surface area (Å²) in [6.45, 7) is 9.09. The lowest BCUT2D eigenvalue weighted by atomic mass is 9.87. The first-order valence-electron chi connectivity index (χ1n) is 12.8. The van der Waals surface area contributed by atoms with Gasteiger partial charge in [0.25, 0.3) is 0 Å². The van der Waals surface area contributed by atoms with Gasteiger partial charge >= 0.3 is 0 Å². The predicted octanol–water partition coefficient (Wildman–Crippen LogP) is 5.68. The number of halogens is 2. The SMILES string of the molecule is C/C=C1/NC(=Nc2c(F)cc(C)cc2F)N(C2CCOC2)/C1=N/C(=C/CC)NC1CCC(C)CC1. The van der Waals surface area contributed by atoms with Crippen molar-refractivity contribution in [2.24, 2.45) is 15.9 Å². The Morgan fingerprint density at radius 1 is 1.20 bits per heavy atom. The quantitative estimate of drug-likeness (QED) is 0.545. The third kappa shape index (κ3) is 5.92. The molecule has 3 fully saturated rings. The molecule has 0 radical (unpaired) electrons. The van der Waals surface area contributed by atoms with E-state index in [1.54, 1.807) is 6.92 Å². The first kappa shape index (κ1) is 25.4. The number of aliphatic imine (C=N–C) groups is 2. The normalized spacial score (nSPS) is 28.9. The monoisotopic (exact) mass is 485 g/mol. The second kappa shape index (κ2) is 11.3. The Balaban J connectivity index is 1.71. The molecule has 1 aromatic rings. The van der Waals surface area contributed by atoms with E-state index in [1.807, 2.05) is 17.9 Å². The molecule has 0 amide bonds. The third-order valence-corrected chi connectivity index (χ3v) is 6.87. The van der Waals surface area contributed by atoms with Crippen LogP contribution in [0.15, 0.2) is 45.8 Å². The van der Waals surface area contributed by atoms with Crippen molar-refractivity contribution in [1.29, 1.82) is 0 Å². The molecule has 2 aliphatic heterocycles. The van der Waals surface area contributed by atoms with E-state index in [4.69, 9.17) is 9.73 Å². The summed E-state index contributed by atoms with van der Waals surface area (Å²) in [6, 6.07) is 2.95. The summed E-state index contributed by atoms with van der Waals surface area (Å²) in [6.07, 6.45) is 10.3. The minimum atomic E-state index is -0.688. The molecule has 1 saturated carbocycles. The van der Waals surface area contributed by atoms with Gasteiger partial charge in [0.05, 0.1) is 18.3 Å². The number of aryl methyl sites for hydroxylation is 1. The zero-order chi connectivity index (χ0) is 24.9. The van der Waals surface area contributed by atoms with Crippen LogP contribution in [0.2, 0.25) is 0 Å². The van der Waals surface area contributed by atoms with Crippen LogP contribution in [-0.4, -0.2) is 42.0 Å². The van der Waals surface area contributed by atoms with Gasteiger partial charge in [-0.15, -0.1) is 0 Å². The molecule has 2 heterocycles. The average molecular weight is 486 g/mol. The van der Waals surface area contributed by atoms with Crippen molar-refractivity contribution in [3.63, 3.8) is 0 Å². The summed E-state index contributed by atoms with van der Waals surface area (Å²) in [5.74, 6) is 1.26. The van der Waals surface area contributed by atoms with Crippen molar-refractivity contribution in [3.8, 4) is 0 Å². The van der Waals surface area contributed by atoms with Crippen molar-refractivity contribution in [2.75, 3.05) is 13.2 Å². The smallest absolute Gasteiger partial charge is 0.210 e. The molecule has 2 N–H and O–H groups in total. The highest BCUT2D eigenvalue weighted by Crippen LogP contribution is 2.29. The van der Waals surface area contributed by atoms with Crippen molar-refractivity contribution in [3.05, 3.63) is 53.0 Å². The van der Waals surface area contributed by atoms with Gasteiger partial charge in [0.1, 0.15) is 11.5 Å². The number of guanidine groups is 1. The Bertz CT molecular complexity index is 1010. The summed E-state index contributed by atoms with van der Waals surface area (Å²) < 4.78 is 35.0. The fraction of sp³-hybridized carbons (Fsp3) is 0.556. The molecule has 0 spiro atoms. The van der Waals surface area contributed by atoms with Crippen molar-refractivity contribution < 1.29 is 13.5 Å². The van der Waals surface area contributed by atoms with Crippen LogP contribution in [0.25, 0.3) is 0 Å². The lowest BCUT2D eigenvalue weighted by Gasteiger charge is -2.28. The lowest BCUT2D eigenvalue weighted by molar-refractivity contribution is 0.184. The number of allylic oxidation sites excluding steroid dienone is 2. The maximum Gasteiger partial charge on any atom is 0.210 e. The van der Waals surface area contributed by atoms with Gasteiger partial charge in [0.2, 0.25) is 5.96 Å². The Labute approximate surface area is 207 Å². The molecule has 2 saturated heterocycles. The van der Waals surface area contributed by atoms with Gasteiger partial charge in [0, 0.05) is 12.6 Å². The van der Waals surface area contributed by atoms with Gasteiger partial charge in [-0.05, 0) is 82.1 Å². The van der Waals surface area contributed by atoms with Gasteiger partial charge in [0.15, 0.2) is 17.5 Å². The third-order valence-electron chi connectivity index (χ3n) is 6.87. The first-order valence-corrected chi connectivity index (χ1v) is 12.8. The fourth-order valence-electron chi connectivity index (χ4n) is 4.90. The summed E-state index contributed by atoms with van der Waals surface area (Å²) in [4.78, 5) is 11.4. The number of nitrogens with one attached hydrogen (secondary N) is 2. The molecular weight excluding hydrogens is 448 g/mol. The van der Waals surface area contributed by atoms with Crippen LogP contribution in [0.1, 0.15) is 64.9 Å². The first-order chi connectivity index (χ1) is 16.9. The second-order valence-corrected chi connectivity index (χ2v) is 9.76. The molecule has 35 heavy (non-hydrogen) atoms. The molecule has 0 bridgehead atoms. The van der Waals surface area contributed by atoms with Crippen LogP contribution in [0.3, 0.4) is 0 Å². The van der Waals surface area contributed by atoms with Crippen molar-refractivity contribution in [1.82, 2.24) is 15.5 Å². The summed E-state index contributed by atoms with van der Waals surface area (Å²) in [5.41, 5.74) is 0.959. The van der Waals surface area contributed by atoms with Crippen molar-refractivity contribution in [2.45, 2.75) is 78.3 Å². The van der Waals surface area contributed by atoms with E-state index in [-0.39, 0.29) is 11.7 Å². The number of hydrogen-bond donors (Lipinski definition) is 2. The minimum Gasteiger partial charge on any atom is -0.379 e. The molecular formula is C27H37F2N5O. The zero-order valence-corrected chi connectivity index (χ0v) is 21.2. The molecule has 1 atom stereocenters. The van der Waals surface area contributed by atoms with E-state index in [0.29, 0.717) is 36.6 Å². The van der Waals surface area contributed by atoms with E-state index < -0.39 is 11.6 Å². The number of benzene rings is 1. The van der Waals surface area contributed by atoms with E-state index in [9.17, 15) is 8.78 Å². The molecule has 8 heteroatoms. The molecule has 0 aromatic heterocycles. The summed E-state index contributed by atoms with van der Waals surface area (Å²) in [7, 11) is 0. The Morgan fingerprint density at radius 3 is 2.51 bits per heavy atom. The standard InChI is InChI=1S/C27H37F2N5O/c1-5-7-24(30-19-10-8-17(3)9-11-19)32-26-23(6-2)31-27(34(26)20-12-13-35-16-20)33-25-21(28)14-18(4)15-22(25)29/h6-7,14-15,17,19-20,30H,5,8-13,16H2,1-4H3,(H,31,33)/b23-6+,24-7+,32-26+. The summed E-state index contributed by atoms with van der Waals surface area (Å²) in [5, 5.41) is 6.90. The topological polar surface area (TPSA) is 61.2 Å². The van der Waals surface area contributed by atoms with Crippen LogP contribution in [0.5, 0.6) is 0 Å². The van der Waals surface area contributed by atoms with Gasteiger partial charge < -0.3 is 15.4 Å². The van der Waals surface area contributed by atoms with Crippen LogP contribution >= 0.6 is 0 Å². The zero-order valence-electron chi connectivity index (χ0n) is 21.2. The largest absolute Gasteiger partial charge is 0.379 e. The van der Waals surface area contributed by atoms with Crippen LogP contribution in [0.4, 0.5) is 14.5 Å². The van der Waals surface area contributed by atoms with E-state index in [0.717, 1.165) is 43.1 Å². The molecule has 3 aliphatic rings. The number of nitrogens with zero attached hydrogens (tertiary/aromatic N) is 3. The van der Waals surface area contributed by atoms with Gasteiger partial charge in [-0.1, -0.05) is 19.9 Å². The highest BCUT2D eigenvalue weighted by atomic mass is 19.1. The Morgan fingerprint density at radius 2 is 1.91 bits per heavy atom. The molecule has 6 nitrogen and oxygen atoms in total. The minimum absolute atomic E-state index is 0.0348. The van der Waals surface area contributed by atoms with E-state index in [1.165, 1.54) is 25.0 Å². The van der Waals surface area contributed by atoms with Gasteiger partial charge in [-0.3, -0.25) is 4.90 Å². The number of ether oxygens (including phenoxy) is 1. The highest BCUT2D eigenvalue weighted by Gasteiger charge is 2.38. The van der Waals surface area contributed by atoms with Crippen LogP contribution in [-0.2, 0) is 4.74 Å². The fourth-order valence-corrected chi connectivity index (χ4v) is 4.90. The highest BCUT2D eigenvalue weighted by molar-refractivity contribution is 6.17. The molecule has 1 unspecified atom stereocenters. The van der Waals surface area contributed by atoms with Gasteiger partial charge in [-0.2, -0.15) is 0 Å². The Kier molecular flexibility index (Phi) is 8.21. The molecule has 1 aromatic carbocycles. The number of rotatable bonds is 6. The van der Waals surface area contributed by atoms with Crippen molar-refractivity contribution >= 4 is 17.5 Å². The number of amidine groups is 1. The molecule has 4 rings (SSSR count). The predicted molar refractivity (Wildman–Crippen MR) is 137 cm³/mol. The molecule has 190 valence electrons. The second-order valence-electron chi connectivity index (χ2n) is 9.76. The lowest BCUT2D eigenvalue weighted by Crippen LogP contribution is -2.42. The van der Waals surface area contributed by atoms with Gasteiger partial charge in [-0.25, -0.2) is 18.8 Å². The average Bonchev–Trinajstić information content (AvgIpc) is 3.45. The number of hydrogen-bond acceptors (Lipinski definition) is 4. The maximum atomic E-state index is 14.7. The molecule has 1 aliphatic carbocycles. The summed E-state index contributed by atoms with van der Waals surface area (Å²) >= 11 is 0. The van der Waals surface area contributed by atoms with Crippen LogP contribution < -0.4 is 10.6 Å².